The van der Waals surface area contributed by atoms with Gasteiger partial charge in [-0.15, -0.1) is 0 Å². The molecule has 1 aromatic carbocycles. The van der Waals surface area contributed by atoms with Crippen molar-refractivity contribution in [2.45, 2.75) is 59.3 Å². The van der Waals surface area contributed by atoms with Crippen molar-refractivity contribution < 1.29 is 5.11 Å². The van der Waals surface area contributed by atoms with Crippen molar-refractivity contribution in [3.8, 4) is 5.75 Å². The molecular formula is C15H27NO. The first-order chi connectivity index (χ1) is 7.03. The minimum absolute atomic E-state index is 0. The van der Waals surface area contributed by atoms with Crippen LogP contribution in [-0.2, 0) is 10.8 Å². The molecule has 2 heteroatoms. The molecule has 98 valence electrons. The Bertz CT molecular complexity index is 359. The van der Waals surface area contributed by atoms with E-state index in [0.717, 1.165) is 11.1 Å². The summed E-state index contributed by atoms with van der Waals surface area (Å²) in [6.45, 7) is 14.9. The molecule has 0 fully saturated rings. The van der Waals surface area contributed by atoms with Gasteiger partial charge in [-0.3, -0.25) is 0 Å². The normalized spacial score (nSPS) is 12.2. The Hall–Kier alpha value is -1.02. The lowest BCUT2D eigenvalue weighted by Crippen LogP contribution is -2.17. The zero-order valence-electron chi connectivity index (χ0n) is 12.3. The van der Waals surface area contributed by atoms with Gasteiger partial charge < -0.3 is 11.3 Å². The van der Waals surface area contributed by atoms with Crippen molar-refractivity contribution in [1.82, 2.24) is 6.15 Å². The number of aromatic hydroxyl groups is 1. The molecule has 0 aliphatic rings. The molecule has 4 N–H and O–H groups in total. The second-order valence-corrected chi connectivity index (χ2v) is 6.71. The van der Waals surface area contributed by atoms with Gasteiger partial charge in [-0.1, -0.05) is 59.2 Å². The van der Waals surface area contributed by atoms with Crippen LogP contribution in [-0.4, -0.2) is 5.11 Å². The van der Waals surface area contributed by atoms with Gasteiger partial charge in [-0.2, -0.15) is 0 Å². The predicted molar refractivity (Wildman–Crippen MR) is 75.3 cm³/mol. The van der Waals surface area contributed by atoms with E-state index in [9.17, 15) is 5.11 Å². The van der Waals surface area contributed by atoms with Gasteiger partial charge >= 0.3 is 0 Å². The third kappa shape index (κ3) is 3.47. The van der Waals surface area contributed by atoms with Gasteiger partial charge in [0.1, 0.15) is 5.75 Å². The lowest BCUT2D eigenvalue weighted by atomic mass is 9.78. The zero-order valence-corrected chi connectivity index (χ0v) is 12.3. The second kappa shape index (κ2) is 4.69. The molecular weight excluding hydrogens is 210 g/mol. The van der Waals surface area contributed by atoms with E-state index >= 15 is 0 Å². The molecule has 0 heterocycles. The standard InChI is InChI=1S/C15H24O.H3N/c1-10-8-11(14(2,3)4)13(16)12(9-10)15(5,6)7;/h8-9,16H,1-7H3;1H3. The number of phenols is 1. The van der Waals surface area contributed by atoms with E-state index < -0.39 is 0 Å². The maximum Gasteiger partial charge on any atom is 0.123 e. The number of phenolic OH excluding ortho intramolecular Hbond substituents is 1. The Morgan fingerprint density at radius 3 is 1.35 bits per heavy atom. The topological polar surface area (TPSA) is 55.2 Å². The van der Waals surface area contributed by atoms with Gasteiger partial charge in [0.25, 0.3) is 0 Å². The average molecular weight is 237 g/mol. The molecule has 0 aromatic heterocycles. The molecule has 1 rings (SSSR count). The molecule has 17 heavy (non-hydrogen) atoms. The third-order valence-electron chi connectivity index (χ3n) is 2.87. The van der Waals surface area contributed by atoms with Crippen molar-refractivity contribution >= 4 is 0 Å². The van der Waals surface area contributed by atoms with Crippen LogP contribution in [0.4, 0.5) is 0 Å². The fourth-order valence-corrected chi connectivity index (χ4v) is 1.92. The molecule has 0 aliphatic carbocycles. The summed E-state index contributed by atoms with van der Waals surface area (Å²) in [5, 5.41) is 10.4. The number of hydrogen-bond acceptors (Lipinski definition) is 2. The van der Waals surface area contributed by atoms with Gasteiger partial charge in [-0.05, 0) is 28.9 Å². The Morgan fingerprint density at radius 1 is 0.824 bits per heavy atom. The Balaban J connectivity index is 0.00000256. The quantitative estimate of drug-likeness (QED) is 0.700. The SMILES string of the molecule is Cc1cc(C(C)(C)C)c(O)c(C(C)(C)C)c1.N. The number of hydrogen-bond donors (Lipinski definition) is 2. The largest absolute Gasteiger partial charge is 0.507 e. The highest BCUT2D eigenvalue weighted by atomic mass is 16.3. The van der Waals surface area contributed by atoms with E-state index in [4.69, 9.17) is 0 Å². The van der Waals surface area contributed by atoms with Crippen LogP contribution in [0.5, 0.6) is 5.75 Å². The fraction of sp³-hybridized carbons (Fsp3) is 0.600. The van der Waals surface area contributed by atoms with Gasteiger partial charge in [-0.25, -0.2) is 0 Å². The highest BCUT2D eigenvalue weighted by molar-refractivity contribution is 5.49. The molecule has 2 nitrogen and oxygen atoms in total. The zero-order chi connectivity index (χ0) is 12.7. The summed E-state index contributed by atoms with van der Waals surface area (Å²) in [6.07, 6.45) is 0. The maximum atomic E-state index is 10.4. The number of aryl methyl sites for hydroxylation is 1. The maximum absolute atomic E-state index is 10.4. The van der Waals surface area contributed by atoms with Gasteiger partial charge in [0.05, 0.1) is 0 Å². The van der Waals surface area contributed by atoms with Crippen molar-refractivity contribution in [3.63, 3.8) is 0 Å². The monoisotopic (exact) mass is 237 g/mol. The van der Waals surface area contributed by atoms with Crippen molar-refractivity contribution in [2.75, 3.05) is 0 Å². The average Bonchev–Trinajstić information content (AvgIpc) is 2.04. The summed E-state index contributed by atoms with van der Waals surface area (Å²) in [7, 11) is 0. The van der Waals surface area contributed by atoms with E-state index in [0.29, 0.717) is 5.75 Å². The minimum Gasteiger partial charge on any atom is -0.507 e. The Labute approximate surface area is 106 Å². The molecule has 0 unspecified atom stereocenters. The Morgan fingerprint density at radius 2 is 1.12 bits per heavy atom. The minimum atomic E-state index is -0.0178. The van der Waals surface area contributed by atoms with Crippen LogP contribution in [0.15, 0.2) is 12.1 Å². The highest BCUT2D eigenvalue weighted by Gasteiger charge is 2.25. The molecule has 0 amide bonds. The van der Waals surface area contributed by atoms with Crippen LogP contribution in [0.2, 0.25) is 0 Å². The van der Waals surface area contributed by atoms with E-state index in [1.54, 1.807) is 0 Å². The van der Waals surface area contributed by atoms with Crippen LogP contribution in [0.1, 0.15) is 58.2 Å². The molecule has 0 bridgehead atoms. The molecule has 0 radical (unpaired) electrons. The molecule has 0 atom stereocenters. The van der Waals surface area contributed by atoms with Crippen molar-refractivity contribution in [3.05, 3.63) is 28.8 Å². The van der Waals surface area contributed by atoms with E-state index in [-0.39, 0.29) is 17.0 Å². The first kappa shape index (κ1) is 16.0. The fourth-order valence-electron chi connectivity index (χ4n) is 1.92. The van der Waals surface area contributed by atoms with Gasteiger partial charge in [0, 0.05) is 0 Å². The van der Waals surface area contributed by atoms with E-state index in [2.05, 4.69) is 60.6 Å². The lowest BCUT2D eigenvalue weighted by molar-refractivity contribution is 0.423. The van der Waals surface area contributed by atoms with Gasteiger partial charge in [0.15, 0.2) is 0 Å². The summed E-state index contributed by atoms with van der Waals surface area (Å²) in [4.78, 5) is 0. The molecule has 0 saturated heterocycles. The molecule has 0 spiro atoms. The van der Waals surface area contributed by atoms with Crippen LogP contribution in [0.25, 0.3) is 0 Å². The predicted octanol–water partition coefficient (Wildman–Crippen LogP) is 4.46. The van der Waals surface area contributed by atoms with E-state index in [1.807, 2.05) is 0 Å². The first-order valence-corrected chi connectivity index (χ1v) is 5.88. The third-order valence-corrected chi connectivity index (χ3v) is 2.87. The summed E-state index contributed by atoms with van der Waals surface area (Å²) in [6, 6.07) is 4.18. The van der Waals surface area contributed by atoms with Gasteiger partial charge in [0.2, 0.25) is 0 Å². The van der Waals surface area contributed by atoms with Crippen LogP contribution < -0.4 is 6.15 Å². The molecule has 1 aromatic rings. The summed E-state index contributed by atoms with van der Waals surface area (Å²) < 4.78 is 0. The smallest absolute Gasteiger partial charge is 0.123 e. The van der Waals surface area contributed by atoms with Crippen LogP contribution in [0, 0.1) is 6.92 Å². The number of rotatable bonds is 0. The second-order valence-electron chi connectivity index (χ2n) is 6.71. The highest BCUT2D eigenvalue weighted by Crippen LogP contribution is 2.39. The number of benzene rings is 1. The summed E-state index contributed by atoms with van der Waals surface area (Å²) in [5.41, 5.74) is 3.26. The summed E-state index contributed by atoms with van der Waals surface area (Å²) in [5.74, 6) is 0.464. The van der Waals surface area contributed by atoms with Crippen LogP contribution in [0.3, 0.4) is 0 Å². The van der Waals surface area contributed by atoms with Crippen LogP contribution >= 0.6 is 0 Å². The molecule has 0 aliphatic heterocycles. The first-order valence-electron chi connectivity index (χ1n) is 5.88. The summed E-state index contributed by atoms with van der Waals surface area (Å²) >= 11 is 0. The van der Waals surface area contributed by atoms with Crippen molar-refractivity contribution in [2.24, 2.45) is 0 Å². The lowest BCUT2D eigenvalue weighted by Gasteiger charge is -2.27. The van der Waals surface area contributed by atoms with Crippen molar-refractivity contribution in [1.29, 1.82) is 0 Å². The Kier molecular flexibility index (Phi) is 4.41. The van der Waals surface area contributed by atoms with E-state index in [1.165, 1.54) is 5.56 Å². The molecule has 0 saturated carbocycles.